The summed E-state index contributed by atoms with van der Waals surface area (Å²) in [4.78, 5) is 36.8. The number of carbonyl (C=O) groups excluding carboxylic acids is 2. The third kappa shape index (κ3) is 5.03. The second kappa shape index (κ2) is 8.77. The molecule has 1 atom stereocenters. The molecule has 136 valence electrons. The Bertz CT molecular complexity index is 803. The van der Waals surface area contributed by atoms with Gasteiger partial charge < -0.3 is 10.4 Å². The fourth-order valence-electron chi connectivity index (χ4n) is 2.30. The molecule has 8 heteroatoms. The molecule has 0 aromatic heterocycles. The van der Waals surface area contributed by atoms with Crippen molar-refractivity contribution in [1.29, 1.82) is 0 Å². The second-order valence-corrected chi connectivity index (χ2v) is 7.31. The molecule has 1 aromatic rings. The highest BCUT2D eigenvalue weighted by Crippen LogP contribution is 2.33. The van der Waals surface area contributed by atoms with Gasteiger partial charge in [0, 0.05) is 0 Å². The van der Waals surface area contributed by atoms with Crippen LogP contribution in [-0.4, -0.2) is 44.7 Å². The summed E-state index contributed by atoms with van der Waals surface area (Å²) in [7, 11) is 0. The van der Waals surface area contributed by atoms with Crippen molar-refractivity contribution in [3.8, 4) is 0 Å². The molecule has 2 rings (SSSR count). The van der Waals surface area contributed by atoms with Gasteiger partial charge in [-0.1, -0.05) is 60.4 Å². The number of allylic oxidation sites excluding steroid dienone is 2. The lowest BCUT2D eigenvalue weighted by Gasteiger charge is -2.21. The van der Waals surface area contributed by atoms with Crippen molar-refractivity contribution >= 4 is 52.2 Å². The number of amides is 2. The zero-order chi connectivity index (χ0) is 19.3. The van der Waals surface area contributed by atoms with Crippen LogP contribution in [0.3, 0.4) is 0 Å². The summed E-state index contributed by atoms with van der Waals surface area (Å²) in [6, 6.07) is 8.81. The summed E-state index contributed by atoms with van der Waals surface area (Å²) in [6.07, 6.45) is 3.67. The number of nitrogens with zero attached hydrogens (tertiary/aromatic N) is 1. The molecule has 2 N–H and O–H groups in total. The minimum atomic E-state index is -1.16. The van der Waals surface area contributed by atoms with Crippen molar-refractivity contribution in [2.45, 2.75) is 19.9 Å². The van der Waals surface area contributed by atoms with Gasteiger partial charge in [-0.25, -0.2) is 0 Å². The summed E-state index contributed by atoms with van der Waals surface area (Å²) in [5.74, 6) is -2.09. The van der Waals surface area contributed by atoms with Gasteiger partial charge in [0.1, 0.15) is 16.9 Å². The quantitative estimate of drug-likeness (QED) is 0.573. The maximum Gasteiger partial charge on any atom is 0.322 e. The number of carboxylic acids is 1. The summed E-state index contributed by atoms with van der Waals surface area (Å²) in [5.41, 5.74) is 1.89. The zero-order valence-electron chi connectivity index (χ0n) is 14.3. The van der Waals surface area contributed by atoms with Crippen molar-refractivity contribution in [1.82, 2.24) is 10.2 Å². The van der Waals surface area contributed by atoms with Crippen LogP contribution in [0.4, 0.5) is 0 Å². The number of hydrogen-bond donors (Lipinski definition) is 2. The van der Waals surface area contributed by atoms with Crippen molar-refractivity contribution in [3.05, 3.63) is 52.4 Å². The Balaban J connectivity index is 2.13. The molecule has 1 unspecified atom stereocenters. The normalized spacial score (nSPS) is 17.5. The van der Waals surface area contributed by atoms with Crippen LogP contribution in [0.1, 0.15) is 19.4 Å². The molecule has 1 fully saturated rings. The smallest absolute Gasteiger partial charge is 0.322 e. The molecule has 0 saturated carbocycles. The molecule has 0 radical (unpaired) electrons. The highest BCUT2D eigenvalue weighted by Gasteiger charge is 2.38. The first-order valence-electron chi connectivity index (χ1n) is 7.79. The Labute approximate surface area is 160 Å². The number of nitrogens with one attached hydrogen (secondary N) is 1. The monoisotopic (exact) mass is 390 g/mol. The van der Waals surface area contributed by atoms with Crippen LogP contribution < -0.4 is 5.32 Å². The van der Waals surface area contributed by atoms with E-state index < -0.39 is 24.5 Å². The van der Waals surface area contributed by atoms with E-state index in [4.69, 9.17) is 17.3 Å². The number of rotatable bonds is 6. The SMILES string of the molecule is CC(/C=C1\SC(=S)N(C(C)C(=O)NCC(=O)O)C1=O)=C\c1ccccc1. The Morgan fingerprint density at radius 1 is 1.35 bits per heavy atom. The standard InChI is InChI=1S/C18H18N2O4S2/c1-11(8-13-6-4-3-5-7-13)9-14-17(24)20(18(25)26-14)12(2)16(23)19-10-15(21)22/h3-9,12H,10H2,1-2H3,(H,19,23)(H,21,22)/b11-8+,14-9-. The highest BCUT2D eigenvalue weighted by atomic mass is 32.2. The van der Waals surface area contributed by atoms with Crippen LogP contribution in [0.25, 0.3) is 6.08 Å². The van der Waals surface area contributed by atoms with Crippen LogP contribution >= 0.6 is 24.0 Å². The van der Waals surface area contributed by atoms with Crippen LogP contribution in [0.5, 0.6) is 0 Å². The van der Waals surface area contributed by atoms with E-state index in [-0.39, 0.29) is 10.2 Å². The molecule has 1 aromatic carbocycles. The molecule has 1 heterocycles. The molecule has 0 spiro atoms. The summed E-state index contributed by atoms with van der Waals surface area (Å²) in [5, 5.41) is 10.9. The fraction of sp³-hybridized carbons (Fsp3) is 0.222. The Hall–Kier alpha value is -2.45. The average Bonchev–Trinajstić information content (AvgIpc) is 2.86. The lowest BCUT2D eigenvalue weighted by molar-refractivity contribution is -0.139. The van der Waals surface area contributed by atoms with Gasteiger partial charge in [0.15, 0.2) is 0 Å². The molecule has 0 bridgehead atoms. The van der Waals surface area contributed by atoms with Crippen LogP contribution in [0.15, 0.2) is 46.9 Å². The Kier molecular flexibility index (Phi) is 6.70. The van der Waals surface area contributed by atoms with E-state index in [9.17, 15) is 14.4 Å². The number of aliphatic carboxylic acids is 1. The summed E-state index contributed by atoms with van der Waals surface area (Å²) >= 11 is 6.34. The fourth-order valence-corrected chi connectivity index (χ4v) is 3.77. The average molecular weight is 390 g/mol. The van der Waals surface area contributed by atoms with Crippen molar-refractivity contribution < 1.29 is 19.5 Å². The van der Waals surface area contributed by atoms with Gasteiger partial charge in [-0.3, -0.25) is 19.3 Å². The number of thioether (sulfide) groups is 1. The number of benzene rings is 1. The van der Waals surface area contributed by atoms with Crippen molar-refractivity contribution in [3.63, 3.8) is 0 Å². The van der Waals surface area contributed by atoms with E-state index in [1.807, 2.05) is 43.3 Å². The van der Waals surface area contributed by atoms with E-state index >= 15 is 0 Å². The van der Waals surface area contributed by atoms with E-state index in [0.717, 1.165) is 22.9 Å². The van der Waals surface area contributed by atoms with Gasteiger partial charge in [0.25, 0.3) is 5.91 Å². The lowest BCUT2D eigenvalue weighted by atomic mass is 10.1. The molecular formula is C18H18N2O4S2. The number of thiocarbonyl (C=S) groups is 1. The molecule has 1 saturated heterocycles. The van der Waals surface area contributed by atoms with Crippen LogP contribution in [0.2, 0.25) is 0 Å². The molecule has 6 nitrogen and oxygen atoms in total. The zero-order valence-corrected chi connectivity index (χ0v) is 15.9. The largest absolute Gasteiger partial charge is 0.480 e. The van der Waals surface area contributed by atoms with Gasteiger partial charge in [-0.15, -0.1) is 0 Å². The maximum atomic E-state index is 12.6. The molecule has 0 aliphatic carbocycles. The first-order chi connectivity index (χ1) is 12.3. The minimum Gasteiger partial charge on any atom is -0.480 e. The van der Waals surface area contributed by atoms with Crippen LogP contribution in [0, 0.1) is 0 Å². The van der Waals surface area contributed by atoms with E-state index in [2.05, 4.69) is 5.32 Å². The van der Waals surface area contributed by atoms with Crippen molar-refractivity contribution in [2.75, 3.05) is 6.54 Å². The minimum absolute atomic E-state index is 0.270. The predicted octanol–water partition coefficient (Wildman–Crippen LogP) is 2.42. The predicted molar refractivity (Wildman–Crippen MR) is 105 cm³/mol. The third-order valence-corrected chi connectivity index (χ3v) is 4.89. The Morgan fingerprint density at radius 3 is 2.62 bits per heavy atom. The van der Waals surface area contributed by atoms with Gasteiger partial charge in [0.2, 0.25) is 5.91 Å². The second-order valence-electron chi connectivity index (χ2n) is 5.64. The third-order valence-electron chi connectivity index (χ3n) is 3.56. The molecule has 1 aliphatic heterocycles. The molecule has 26 heavy (non-hydrogen) atoms. The lowest BCUT2D eigenvalue weighted by Crippen LogP contribution is -2.48. The van der Waals surface area contributed by atoms with Crippen molar-refractivity contribution in [2.24, 2.45) is 0 Å². The molecular weight excluding hydrogens is 372 g/mol. The van der Waals surface area contributed by atoms with Gasteiger partial charge in [-0.2, -0.15) is 0 Å². The molecule has 2 amide bonds. The van der Waals surface area contributed by atoms with Gasteiger partial charge in [-0.05, 0) is 31.1 Å². The number of carbonyl (C=O) groups is 3. The number of hydrogen-bond acceptors (Lipinski definition) is 5. The highest BCUT2D eigenvalue weighted by molar-refractivity contribution is 8.26. The molecule has 1 aliphatic rings. The van der Waals surface area contributed by atoms with E-state index in [1.165, 1.54) is 11.8 Å². The van der Waals surface area contributed by atoms with Gasteiger partial charge >= 0.3 is 5.97 Å². The first-order valence-corrected chi connectivity index (χ1v) is 9.02. The van der Waals surface area contributed by atoms with E-state index in [1.54, 1.807) is 6.08 Å². The first kappa shape index (κ1) is 19.9. The summed E-state index contributed by atoms with van der Waals surface area (Å²) < 4.78 is 0.270. The topological polar surface area (TPSA) is 86.7 Å². The Morgan fingerprint density at radius 2 is 2.00 bits per heavy atom. The maximum absolute atomic E-state index is 12.6. The number of carboxylic acid groups (broad SMARTS) is 1. The summed E-state index contributed by atoms with van der Waals surface area (Å²) in [6.45, 7) is 2.88. The van der Waals surface area contributed by atoms with E-state index in [0.29, 0.717) is 4.91 Å². The van der Waals surface area contributed by atoms with Crippen LogP contribution in [-0.2, 0) is 14.4 Å². The van der Waals surface area contributed by atoms with Gasteiger partial charge in [0.05, 0.1) is 4.91 Å².